The van der Waals surface area contributed by atoms with Gasteiger partial charge in [0.25, 0.3) is 0 Å². The number of hydrogen-bond acceptors (Lipinski definition) is 7. The van der Waals surface area contributed by atoms with Gasteiger partial charge < -0.3 is 14.6 Å². The number of methoxy groups -OCH3 is 1. The van der Waals surface area contributed by atoms with Crippen LogP contribution in [0.15, 0.2) is 35.2 Å². The first-order valence-corrected chi connectivity index (χ1v) is 10.9. The van der Waals surface area contributed by atoms with Crippen molar-refractivity contribution >= 4 is 53.4 Å². The number of primary sulfonamides is 1. The van der Waals surface area contributed by atoms with Crippen LogP contribution in [0.4, 0.5) is 10.8 Å². The lowest BCUT2D eigenvalue weighted by Crippen LogP contribution is -2.12. The van der Waals surface area contributed by atoms with E-state index in [0.29, 0.717) is 16.6 Å². The lowest BCUT2D eigenvalue weighted by Gasteiger charge is -2.10. The molecule has 0 fully saturated rings. The fraction of sp³-hybridized carbons (Fsp3) is 0.222. The van der Waals surface area contributed by atoms with Gasteiger partial charge in [0, 0.05) is 6.54 Å². The molecule has 2 heterocycles. The summed E-state index contributed by atoms with van der Waals surface area (Å²) in [6.07, 6.45) is 0. The number of sulfonamides is 1. The molecule has 0 amide bonds. The Hall–Kier alpha value is -2.69. The molecular weight excluding hydrogens is 398 g/mol. The van der Waals surface area contributed by atoms with Gasteiger partial charge in [-0.3, -0.25) is 0 Å². The van der Waals surface area contributed by atoms with E-state index >= 15 is 0 Å². The number of anilines is 2. The summed E-state index contributed by atoms with van der Waals surface area (Å²) >= 11 is 1.47. The van der Waals surface area contributed by atoms with E-state index in [2.05, 4.69) is 21.8 Å². The molecule has 0 aliphatic rings. The fourth-order valence-corrected chi connectivity index (χ4v) is 4.66. The van der Waals surface area contributed by atoms with Gasteiger partial charge in [-0.1, -0.05) is 11.3 Å². The third-order valence-electron chi connectivity index (χ3n) is 4.51. The molecule has 3 N–H and O–H groups in total. The molecule has 0 bridgehead atoms. The van der Waals surface area contributed by atoms with Crippen molar-refractivity contribution in [3.05, 3.63) is 36.2 Å². The smallest absolute Gasteiger partial charge is 0.238 e. The topological polar surface area (TPSA) is 112 Å². The minimum atomic E-state index is -3.83. The summed E-state index contributed by atoms with van der Waals surface area (Å²) < 4.78 is 31.8. The predicted molar refractivity (Wildman–Crippen MR) is 111 cm³/mol. The number of nitrogens with zero attached hydrogens (tertiary/aromatic N) is 3. The van der Waals surface area contributed by atoms with Crippen LogP contribution in [0.1, 0.15) is 12.7 Å². The third-order valence-corrected chi connectivity index (χ3v) is 6.36. The van der Waals surface area contributed by atoms with Crippen LogP contribution in [0, 0.1) is 6.92 Å². The molecule has 0 saturated heterocycles. The van der Waals surface area contributed by atoms with E-state index in [9.17, 15) is 8.42 Å². The van der Waals surface area contributed by atoms with Crippen LogP contribution in [-0.4, -0.2) is 30.1 Å². The maximum absolute atomic E-state index is 11.7. The summed E-state index contributed by atoms with van der Waals surface area (Å²) in [6.45, 7) is 4.85. The van der Waals surface area contributed by atoms with Crippen molar-refractivity contribution < 1.29 is 13.2 Å². The molecular formula is C18H19N5O3S2. The van der Waals surface area contributed by atoms with Crippen LogP contribution < -0.4 is 15.2 Å². The number of rotatable bonds is 5. The van der Waals surface area contributed by atoms with Crippen molar-refractivity contribution in [2.24, 2.45) is 5.14 Å². The van der Waals surface area contributed by atoms with Gasteiger partial charge in [0.05, 0.1) is 33.4 Å². The highest BCUT2D eigenvalue weighted by molar-refractivity contribution is 7.89. The van der Waals surface area contributed by atoms with Crippen molar-refractivity contribution in [3.63, 3.8) is 0 Å². The van der Waals surface area contributed by atoms with E-state index in [-0.39, 0.29) is 4.90 Å². The minimum Gasteiger partial charge on any atom is -0.495 e. The van der Waals surface area contributed by atoms with Crippen molar-refractivity contribution in [1.82, 2.24) is 14.5 Å². The first-order chi connectivity index (χ1) is 13.3. The molecule has 0 spiro atoms. The first kappa shape index (κ1) is 18.7. The van der Waals surface area contributed by atoms with E-state index in [1.165, 1.54) is 30.6 Å². The zero-order valence-electron chi connectivity index (χ0n) is 15.6. The molecule has 0 aliphatic carbocycles. The second-order valence-corrected chi connectivity index (χ2v) is 8.83. The highest BCUT2D eigenvalue weighted by Gasteiger charge is 2.16. The number of imidazole rings is 1. The van der Waals surface area contributed by atoms with E-state index < -0.39 is 10.0 Å². The summed E-state index contributed by atoms with van der Waals surface area (Å²) in [5.41, 5.74) is 3.23. The highest BCUT2D eigenvalue weighted by Crippen LogP contribution is 2.36. The molecule has 28 heavy (non-hydrogen) atoms. The number of thiazole rings is 1. The van der Waals surface area contributed by atoms with Crippen LogP contribution >= 0.6 is 11.3 Å². The number of ether oxygens (including phenoxy) is 1. The Balaban J connectivity index is 1.84. The largest absolute Gasteiger partial charge is 0.495 e. The summed E-state index contributed by atoms with van der Waals surface area (Å²) in [7, 11) is -2.31. The normalized spacial score (nSPS) is 12.0. The Bertz CT molecular complexity index is 1310. The number of aryl methyl sites for hydroxylation is 2. The summed E-state index contributed by atoms with van der Waals surface area (Å²) in [5, 5.41) is 9.04. The molecule has 0 aliphatic heterocycles. The molecule has 2 aromatic heterocycles. The van der Waals surface area contributed by atoms with Gasteiger partial charge in [0.1, 0.15) is 17.1 Å². The Morgan fingerprint density at radius 2 is 2.04 bits per heavy atom. The Labute approximate surface area is 166 Å². The second kappa shape index (κ2) is 6.73. The zero-order valence-corrected chi connectivity index (χ0v) is 17.2. The molecule has 2 aromatic carbocycles. The molecule has 4 rings (SSSR count). The van der Waals surface area contributed by atoms with Gasteiger partial charge in [0.15, 0.2) is 5.13 Å². The quantitative estimate of drug-likeness (QED) is 0.515. The number of hydrogen-bond donors (Lipinski definition) is 2. The van der Waals surface area contributed by atoms with Crippen LogP contribution in [0.3, 0.4) is 0 Å². The summed E-state index contributed by atoms with van der Waals surface area (Å²) in [6, 6.07) is 8.38. The lowest BCUT2D eigenvalue weighted by atomic mass is 10.3. The predicted octanol–water partition coefficient (Wildman–Crippen LogP) is 3.37. The second-order valence-electron chi connectivity index (χ2n) is 6.23. The Morgan fingerprint density at radius 1 is 1.25 bits per heavy atom. The highest BCUT2D eigenvalue weighted by atomic mass is 32.2. The molecule has 4 aromatic rings. The molecule has 0 radical (unpaired) electrons. The Morgan fingerprint density at radius 3 is 2.71 bits per heavy atom. The number of aromatic nitrogens is 3. The van der Waals surface area contributed by atoms with Crippen LogP contribution in [0.2, 0.25) is 0 Å². The molecule has 8 nitrogen and oxygen atoms in total. The number of benzene rings is 2. The first-order valence-electron chi connectivity index (χ1n) is 8.56. The van der Waals surface area contributed by atoms with Crippen molar-refractivity contribution in [2.75, 3.05) is 12.4 Å². The van der Waals surface area contributed by atoms with Gasteiger partial charge >= 0.3 is 0 Å². The molecule has 0 unspecified atom stereocenters. The number of fused-ring (bicyclic) bond motifs is 3. The van der Waals surface area contributed by atoms with Gasteiger partial charge in [-0.2, -0.15) is 0 Å². The minimum absolute atomic E-state index is 0.000939. The van der Waals surface area contributed by atoms with Crippen molar-refractivity contribution in [3.8, 4) is 5.75 Å². The molecule has 10 heteroatoms. The average Bonchev–Trinajstić information content (AvgIpc) is 3.19. The van der Waals surface area contributed by atoms with Crippen LogP contribution in [0.5, 0.6) is 5.75 Å². The molecule has 0 saturated carbocycles. The van der Waals surface area contributed by atoms with Crippen molar-refractivity contribution in [2.45, 2.75) is 25.3 Å². The molecule has 146 valence electrons. The maximum Gasteiger partial charge on any atom is 0.238 e. The van der Waals surface area contributed by atoms with Gasteiger partial charge in [-0.05, 0) is 44.2 Å². The van der Waals surface area contributed by atoms with Crippen LogP contribution in [0.25, 0.3) is 21.3 Å². The summed E-state index contributed by atoms with van der Waals surface area (Å²) in [4.78, 5) is 9.33. The zero-order chi connectivity index (χ0) is 20.1. The van der Waals surface area contributed by atoms with E-state index in [1.54, 1.807) is 6.07 Å². The SMILES string of the molecule is CCn1c(C)nc2ccc3sc(Nc4cc(S(N)(=O)=O)ccc4OC)nc3c21. The third kappa shape index (κ3) is 3.09. The van der Waals surface area contributed by atoms with Crippen LogP contribution in [-0.2, 0) is 16.6 Å². The van der Waals surface area contributed by atoms with Gasteiger partial charge in [-0.25, -0.2) is 23.5 Å². The maximum atomic E-state index is 11.7. The number of nitrogens with one attached hydrogen (secondary N) is 1. The summed E-state index contributed by atoms with van der Waals surface area (Å²) in [5.74, 6) is 1.43. The van der Waals surface area contributed by atoms with Gasteiger partial charge in [0.2, 0.25) is 10.0 Å². The lowest BCUT2D eigenvalue weighted by molar-refractivity contribution is 0.416. The molecule has 0 atom stereocenters. The van der Waals surface area contributed by atoms with Crippen molar-refractivity contribution in [1.29, 1.82) is 0 Å². The van der Waals surface area contributed by atoms with E-state index in [1.807, 2.05) is 19.1 Å². The number of nitrogens with two attached hydrogens (primary N) is 1. The van der Waals surface area contributed by atoms with Gasteiger partial charge in [-0.15, -0.1) is 0 Å². The fourth-order valence-electron chi connectivity index (χ4n) is 3.24. The van der Waals surface area contributed by atoms with E-state index in [4.69, 9.17) is 14.9 Å². The standard InChI is InChI=1S/C18H19N5O3S2/c1-4-23-10(2)20-12-6-8-15-16(17(12)23)22-18(27-15)21-13-9-11(28(19,24)25)5-7-14(13)26-3/h5-9H,4H2,1-3H3,(H,21,22)(H2,19,24,25). The van der Waals surface area contributed by atoms with E-state index in [0.717, 1.165) is 33.6 Å². The Kier molecular flexibility index (Phi) is 4.48. The monoisotopic (exact) mass is 417 g/mol. The average molecular weight is 418 g/mol.